The third-order valence-corrected chi connectivity index (χ3v) is 3.78. The third-order valence-electron chi connectivity index (χ3n) is 3.20. The molecule has 1 aliphatic rings. The predicted octanol–water partition coefficient (Wildman–Crippen LogP) is 3.84. The average molecular weight is 382 g/mol. The molecular formula is C15H15IN2O2. The lowest BCUT2D eigenvalue weighted by molar-refractivity contribution is -0.117. The van der Waals surface area contributed by atoms with Crippen LogP contribution in [-0.2, 0) is 11.3 Å². The number of anilines is 2. The molecule has 2 aromatic rings. The Balaban J connectivity index is 1.54. The number of carbonyl (C=O) groups is 1. The van der Waals surface area contributed by atoms with Crippen LogP contribution in [0.25, 0.3) is 0 Å². The van der Waals surface area contributed by atoms with Crippen LogP contribution in [0.3, 0.4) is 0 Å². The first kappa shape index (κ1) is 13.5. The summed E-state index contributed by atoms with van der Waals surface area (Å²) in [6.07, 6.45) is 2.04. The minimum Gasteiger partial charge on any atom is -0.454 e. The van der Waals surface area contributed by atoms with Crippen molar-refractivity contribution in [2.75, 3.05) is 10.6 Å². The van der Waals surface area contributed by atoms with Gasteiger partial charge in [0.1, 0.15) is 5.76 Å². The Morgan fingerprint density at radius 2 is 1.85 bits per heavy atom. The van der Waals surface area contributed by atoms with Gasteiger partial charge in [0.15, 0.2) is 3.77 Å². The van der Waals surface area contributed by atoms with E-state index in [1.54, 1.807) is 0 Å². The lowest BCUT2D eigenvalue weighted by Gasteiger charge is -2.07. The standard InChI is InChI=1S/C15H15IN2O2/c16-14-8-7-13(20-14)9-17-11-3-5-12(6-4-11)18-15(19)10-1-2-10/h3-8,10,17H,1-2,9H2,(H,18,19). The quantitative estimate of drug-likeness (QED) is 0.773. The van der Waals surface area contributed by atoms with Crippen molar-refractivity contribution in [1.82, 2.24) is 0 Å². The van der Waals surface area contributed by atoms with Crippen molar-refractivity contribution in [3.05, 3.63) is 45.9 Å². The van der Waals surface area contributed by atoms with Gasteiger partial charge in [0, 0.05) is 17.3 Å². The summed E-state index contributed by atoms with van der Waals surface area (Å²) in [5.41, 5.74) is 1.85. The molecule has 1 saturated carbocycles. The zero-order chi connectivity index (χ0) is 13.9. The van der Waals surface area contributed by atoms with E-state index >= 15 is 0 Å². The highest BCUT2D eigenvalue weighted by atomic mass is 127. The number of benzene rings is 1. The highest BCUT2D eigenvalue weighted by Gasteiger charge is 2.29. The molecular weight excluding hydrogens is 367 g/mol. The van der Waals surface area contributed by atoms with E-state index in [1.165, 1.54) is 0 Å². The monoisotopic (exact) mass is 382 g/mol. The van der Waals surface area contributed by atoms with Crippen LogP contribution in [0.2, 0.25) is 0 Å². The van der Waals surface area contributed by atoms with Gasteiger partial charge in [0.05, 0.1) is 6.54 Å². The molecule has 0 unspecified atom stereocenters. The fraction of sp³-hybridized carbons (Fsp3) is 0.267. The van der Waals surface area contributed by atoms with Crippen LogP contribution in [0.1, 0.15) is 18.6 Å². The summed E-state index contributed by atoms with van der Waals surface area (Å²) < 4.78 is 6.37. The minimum absolute atomic E-state index is 0.135. The van der Waals surface area contributed by atoms with E-state index in [0.717, 1.165) is 33.7 Å². The summed E-state index contributed by atoms with van der Waals surface area (Å²) in [5, 5.41) is 6.20. The third kappa shape index (κ3) is 3.53. The molecule has 3 rings (SSSR count). The first-order valence-electron chi connectivity index (χ1n) is 6.60. The van der Waals surface area contributed by atoms with Crippen molar-refractivity contribution in [2.24, 2.45) is 5.92 Å². The van der Waals surface area contributed by atoms with Crippen LogP contribution in [0.5, 0.6) is 0 Å². The maximum Gasteiger partial charge on any atom is 0.227 e. The lowest BCUT2D eigenvalue weighted by atomic mass is 10.2. The van der Waals surface area contributed by atoms with E-state index in [2.05, 4.69) is 33.2 Å². The van der Waals surface area contributed by atoms with Gasteiger partial charge in [-0.2, -0.15) is 0 Å². The molecule has 5 heteroatoms. The summed E-state index contributed by atoms with van der Waals surface area (Å²) in [6, 6.07) is 11.6. The lowest BCUT2D eigenvalue weighted by Crippen LogP contribution is -2.13. The molecule has 4 nitrogen and oxygen atoms in total. The zero-order valence-electron chi connectivity index (χ0n) is 10.9. The van der Waals surface area contributed by atoms with Crippen LogP contribution in [0.15, 0.2) is 40.8 Å². The predicted molar refractivity (Wildman–Crippen MR) is 86.5 cm³/mol. The van der Waals surface area contributed by atoms with Crippen LogP contribution < -0.4 is 10.6 Å². The smallest absolute Gasteiger partial charge is 0.227 e. The van der Waals surface area contributed by atoms with Crippen molar-refractivity contribution >= 4 is 39.9 Å². The zero-order valence-corrected chi connectivity index (χ0v) is 13.0. The van der Waals surface area contributed by atoms with Gasteiger partial charge in [-0.1, -0.05) is 0 Å². The van der Waals surface area contributed by atoms with Gasteiger partial charge < -0.3 is 15.1 Å². The van der Waals surface area contributed by atoms with Crippen molar-refractivity contribution in [3.8, 4) is 0 Å². The second-order valence-corrected chi connectivity index (χ2v) is 5.96. The van der Waals surface area contributed by atoms with Crippen molar-refractivity contribution in [2.45, 2.75) is 19.4 Å². The molecule has 1 heterocycles. The Bertz CT molecular complexity index is 603. The molecule has 0 atom stereocenters. The fourth-order valence-corrected chi connectivity index (χ4v) is 2.36. The molecule has 2 N–H and O–H groups in total. The first-order chi connectivity index (χ1) is 9.70. The Hall–Kier alpha value is -1.50. The van der Waals surface area contributed by atoms with E-state index in [-0.39, 0.29) is 11.8 Å². The summed E-state index contributed by atoms with van der Waals surface area (Å²) in [6.45, 7) is 0.650. The maximum atomic E-state index is 11.6. The number of amides is 1. The topological polar surface area (TPSA) is 54.3 Å². The minimum atomic E-state index is 0.135. The van der Waals surface area contributed by atoms with Crippen molar-refractivity contribution < 1.29 is 9.21 Å². The van der Waals surface area contributed by atoms with E-state index in [1.807, 2.05) is 36.4 Å². The molecule has 0 bridgehead atoms. The summed E-state index contributed by atoms with van der Waals surface area (Å²) in [4.78, 5) is 11.6. The van der Waals surface area contributed by atoms with Gasteiger partial charge in [0.25, 0.3) is 0 Å². The molecule has 1 aromatic heterocycles. The first-order valence-corrected chi connectivity index (χ1v) is 7.67. The van der Waals surface area contributed by atoms with Crippen molar-refractivity contribution in [1.29, 1.82) is 0 Å². The van der Waals surface area contributed by atoms with Gasteiger partial charge in [-0.05, 0) is 71.8 Å². The van der Waals surface area contributed by atoms with Gasteiger partial charge in [-0.25, -0.2) is 0 Å². The Labute approximate surface area is 131 Å². The number of carbonyl (C=O) groups excluding carboxylic acids is 1. The molecule has 0 radical (unpaired) electrons. The molecule has 20 heavy (non-hydrogen) atoms. The number of halogens is 1. The number of furan rings is 1. The van der Waals surface area contributed by atoms with Gasteiger partial charge in [-0.3, -0.25) is 4.79 Å². The van der Waals surface area contributed by atoms with Gasteiger partial charge >= 0.3 is 0 Å². The van der Waals surface area contributed by atoms with Gasteiger partial charge in [-0.15, -0.1) is 0 Å². The highest BCUT2D eigenvalue weighted by molar-refractivity contribution is 14.1. The van der Waals surface area contributed by atoms with Crippen LogP contribution in [-0.4, -0.2) is 5.91 Å². The van der Waals surface area contributed by atoms with Crippen LogP contribution in [0, 0.1) is 9.68 Å². The number of nitrogens with one attached hydrogen (secondary N) is 2. The molecule has 1 aromatic carbocycles. The average Bonchev–Trinajstić information content (AvgIpc) is 3.22. The number of rotatable bonds is 5. The van der Waals surface area contributed by atoms with E-state index < -0.39 is 0 Å². The normalized spacial score (nSPS) is 14.1. The molecule has 0 aliphatic heterocycles. The van der Waals surface area contributed by atoms with Gasteiger partial charge in [0.2, 0.25) is 5.91 Å². The summed E-state index contributed by atoms with van der Waals surface area (Å²) in [5.74, 6) is 1.27. The van der Waals surface area contributed by atoms with Crippen LogP contribution in [0.4, 0.5) is 11.4 Å². The largest absolute Gasteiger partial charge is 0.454 e. The summed E-state index contributed by atoms with van der Waals surface area (Å²) in [7, 11) is 0. The molecule has 0 saturated heterocycles. The molecule has 104 valence electrons. The number of hydrogen-bond donors (Lipinski definition) is 2. The molecule has 1 amide bonds. The fourth-order valence-electron chi connectivity index (χ4n) is 1.90. The SMILES string of the molecule is O=C(Nc1ccc(NCc2ccc(I)o2)cc1)C1CC1. The van der Waals surface area contributed by atoms with E-state index in [9.17, 15) is 4.79 Å². The highest BCUT2D eigenvalue weighted by Crippen LogP contribution is 2.30. The second-order valence-electron chi connectivity index (χ2n) is 4.90. The molecule has 1 fully saturated rings. The molecule has 1 aliphatic carbocycles. The Kier molecular flexibility index (Phi) is 3.95. The summed E-state index contributed by atoms with van der Waals surface area (Å²) >= 11 is 2.15. The van der Waals surface area contributed by atoms with E-state index in [4.69, 9.17) is 4.42 Å². The molecule has 0 spiro atoms. The number of hydrogen-bond acceptors (Lipinski definition) is 3. The van der Waals surface area contributed by atoms with Crippen LogP contribution >= 0.6 is 22.6 Å². The Morgan fingerprint density at radius 1 is 1.15 bits per heavy atom. The second kappa shape index (κ2) is 5.87. The maximum absolute atomic E-state index is 11.6. The van der Waals surface area contributed by atoms with E-state index in [0.29, 0.717) is 6.54 Å². The van der Waals surface area contributed by atoms with Crippen molar-refractivity contribution in [3.63, 3.8) is 0 Å². The Morgan fingerprint density at radius 3 is 2.45 bits per heavy atom.